The molecule has 0 fully saturated rings. The van der Waals surface area contributed by atoms with Crippen molar-refractivity contribution in [3.8, 4) is 17.2 Å². The van der Waals surface area contributed by atoms with Crippen LogP contribution in [-0.2, 0) is 14.3 Å². The normalized spacial score (nSPS) is 10.1. The van der Waals surface area contributed by atoms with Gasteiger partial charge < -0.3 is 24.3 Å². The lowest BCUT2D eigenvalue weighted by Crippen LogP contribution is -2.21. The van der Waals surface area contributed by atoms with Crippen molar-refractivity contribution in [1.29, 1.82) is 0 Å². The molecule has 0 radical (unpaired) electrons. The summed E-state index contributed by atoms with van der Waals surface area (Å²) in [6.07, 6.45) is 0.507. The van der Waals surface area contributed by atoms with E-state index in [0.717, 1.165) is 5.75 Å². The third-order valence-electron chi connectivity index (χ3n) is 3.89. The number of anilines is 1. The Balaban J connectivity index is 1.70. The van der Waals surface area contributed by atoms with Crippen molar-refractivity contribution in [2.24, 2.45) is 0 Å². The van der Waals surface area contributed by atoms with Gasteiger partial charge in [-0.3, -0.25) is 19.7 Å². The van der Waals surface area contributed by atoms with Crippen molar-refractivity contribution in [3.63, 3.8) is 0 Å². The predicted molar refractivity (Wildman–Crippen MR) is 107 cm³/mol. The molecule has 0 atom stereocenters. The Morgan fingerprint density at radius 1 is 1.03 bits per heavy atom. The quantitative estimate of drug-likeness (QED) is 0.255. The van der Waals surface area contributed by atoms with Crippen LogP contribution in [0.5, 0.6) is 17.2 Å². The van der Waals surface area contributed by atoms with Crippen LogP contribution in [0.3, 0.4) is 0 Å². The zero-order chi connectivity index (χ0) is 21.9. The summed E-state index contributed by atoms with van der Waals surface area (Å²) in [6.45, 7) is -0.175. The van der Waals surface area contributed by atoms with Crippen molar-refractivity contribution < 1.29 is 33.5 Å². The van der Waals surface area contributed by atoms with Crippen LogP contribution in [0.25, 0.3) is 0 Å². The minimum Gasteiger partial charge on any atom is -0.497 e. The Morgan fingerprint density at radius 2 is 1.73 bits per heavy atom. The first-order valence-corrected chi connectivity index (χ1v) is 8.97. The van der Waals surface area contributed by atoms with Crippen LogP contribution in [0.1, 0.15) is 12.8 Å². The number of nitro groups is 1. The van der Waals surface area contributed by atoms with Crippen LogP contribution in [-0.4, -0.2) is 44.2 Å². The van der Waals surface area contributed by atoms with E-state index in [1.807, 2.05) is 0 Å². The van der Waals surface area contributed by atoms with Gasteiger partial charge >= 0.3 is 5.97 Å². The zero-order valence-electron chi connectivity index (χ0n) is 16.6. The minimum absolute atomic E-state index is 0.0876. The van der Waals surface area contributed by atoms with Gasteiger partial charge in [0.05, 0.1) is 37.5 Å². The molecule has 0 bridgehead atoms. The van der Waals surface area contributed by atoms with E-state index < -0.39 is 23.4 Å². The molecule has 10 nitrogen and oxygen atoms in total. The average molecular weight is 418 g/mol. The molecule has 2 aromatic carbocycles. The SMILES string of the molecule is COc1ccc(OCCCC(=O)OCC(=O)Nc2ccc([N+](=O)[O-])cc2OC)cc1. The number of nitro benzene ring substituents is 1. The number of hydrogen-bond acceptors (Lipinski definition) is 8. The Labute approximate surface area is 172 Å². The lowest BCUT2D eigenvalue weighted by atomic mass is 10.2. The highest BCUT2D eigenvalue weighted by Gasteiger charge is 2.14. The number of non-ortho nitro benzene ring substituents is 1. The molecule has 30 heavy (non-hydrogen) atoms. The van der Waals surface area contributed by atoms with Crippen LogP contribution in [0.4, 0.5) is 11.4 Å². The molecule has 0 aliphatic heterocycles. The first kappa shape index (κ1) is 22.5. The number of benzene rings is 2. The van der Waals surface area contributed by atoms with Gasteiger partial charge in [-0.2, -0.15) is 0 Å². The van der Waals surface area contributed by atoms with E-state index in [9.17, 15) is 19.7 Å². The summed E-state index contributed by atoms with van der Waals surface area (Å²) in [5.74, 6) is 0.361. The summed E-state index contributed by atoms with van der Waals surface area (Å²) in [4.78, 5) is 33.9. The molecule has 0 aliphatic carbocycles. The van der Waals surface area contributed by atoms with Gasteiger partial charge in [-0.25, -0.2) is 0 Å². The average Bonchev–Trinajstić information content (AvgIpc) is 2.75. The molecular weight excluding hydrogens is 396 g/mol. The summed E-state index contributed by atoms with van der Waals surface area (Å²) < 4.78 is 20.5. The number of nitrogens with one attached hydrogen (secondary N) is 1. The zero-order valence-corrected chi connectivity index (χ0v) is 16.6. The molecule has 2 rings (SSSR count). The molecular formula is C20H22N2O8. The highest BCUT2D eigenvalue weighted by Crippen LogP contribution is 2.28. The third kappa shape index (κ3) is 6.97. The van der Waals surface area contributed by atoms with Gasteiger partial charge in [0.2, 0.25) is 0 Å². The molecule has 10 heteroatoms. The minimum atomic E-state index is -0.593. The highest BCUT2D eigenvalue weighted by molar-refractivity contribution is 5.94. The van der Waals surface area contributed by atoms with Crippen LogP contribution in [0.15, 0.2) is 42.5 Å². The van der Waals surface area contributed by atoms with E-state index in [2.05, 4.69) is 5.32 Å². The highest BCUT2D eigenvalue weighted by atomic mass is 16.6. The molecule has 160 valence electrons. The van der Waals surface area contributed by atoms with E-state index in [4.69, 9.17) is 18.9 Å². The number of rotatable bonds is 11. The van der Waals surface area contributed by atoms with Gasteiger partial charge in [-0.1, -0.05) is 0 Å². The molecule has 0 heterocycles. The summed E-state index contributed by atoms with van der Waals surface area (Å²) in [6, 6.07) is 10.8. The van der Waals surface area contributed by atoms with Gasteiger partial charge in [-0.15, -0.1) is 0 Å². The molecule has 1 amide bonds. The lowest BCUT2D eigenvalue weighted by molar-refractivity contribution is -0.384. The van der Waals surface area contributed by atoms with Gasteiger partial charge in [0.1, 0.15) is 17.2 Å². The van der Waals surface area contributed by atoms with Crippen LogP contribution < -0.4 is 19.5 Å². The Hall–Kier alpha value is -3.82. The number of nitrogens with zero attached hydrogens (tertiary/aromatic N) is 1. The number of carbonyl (C=O) groups is 2. The predicted octanol–water partition coefficient (Wildman–Crippen LogP) is 2.95. The first-order valence-electron chi connectivity index (χ1n) is 8.97. The molecule has 1 N–H and O–H groups in total. The fourth-order valence-electron chi connectivity index (χ4n) is 2.38. The maximum Gasteiger partial charge on any atom is 0.306 e. The molecule has 0 saturated heterocycles. The van der Waals surface area contributed by atoms with E-state index in [-0.39, 0.29) is 23.5 Å². The van der Waals surface area contributed by atoms with Crippen LogP contribution in [0, 0.1) is 10.1 Å². The van der Waals surface area contributed by atoms with Gasteiger partial charge in [0, 0.05) is 12.5 Å². The number of amides is 1. The maximum atomic E-state index is 12.0. The Bertz CT molecular complexity index is 883. The van der Waals surface area contributed by atoms with Crippen LogP contribution in [0.2, 0.25) is 0 Å². The van der Waals surface area contributed by atoms with Crippen molar-refractivity contribution in [1.82, 2.24) is 0 Å². The topological polar surface area (TPSA) is 126 Å². The molecule has 0 saturated carbocycles. The van der Waals surface area contributed by atoms with E-state index >= 15 is 0 Å². The maximum absolute atomic E-state index is 12.0. The van der Waals surface area contributed by atoms with Crippen molar-refractivity contribution in [2.45, 2.75) is 12.8 Å². The standard InChI is InChI=1S/C20H22N2O8/c1-27-15-6-8-16(9-7-15)29-11-3-4-20(24)30-13-19(23)21-17-10-5-14(22(25)26)12-18(17)28-2/h5-10,12H,3-4,11,13H2,1-2H3,(H,21,23). The summed E-state index contributed by atoms with van der Waals surface area (Å²) in [5.41, 5.74) is 0.0603. The Kier molecular flexibility index (Phi) is 8.42. The number of carbonyl (C=O) groups excluding carboxylic acids is 2. The molecule has 0 spiro atoms. The largest absolute Gasteiger partial charge is 0.497 e. The number of methoxy groups -OCH3 is 2. The summed E-state index contributed by atoms with van der Waals surface area (Å²) in [5, 5.41) is 13.3. The summed E-state index contributed by atoms with van der Waals surface area (Å²) in [7, 11) is 2.90. The molecule has 0 aliphatic rings. The second kappa shape index (κ2) is 11.2. The monoisotopic (exact) mass is 418 g/mol. The van der Waals surface area contributed by atoms with Gasteiger partial charge in [-0.05, 0) is 36.8 Å². The van der Waals surface area contributed by atoms with E-state index in [0.29, 0.717) is 18.8 Å². The number of ether oxygens (including phenoxy) is 4. The molecule has 0 unspecified atom stereocenters. The van der Waals surface area contributed by atoms with Crippen molar-refractivity contribution >= 4 is 23.3 Å². The fourth-order valence-corrected chi connectivity index (χ4v) is 2.38. The smallest absolute Gasteiger partial charge is 0.306 e. The Morgan fingerprint density at radius 3 is 2.37 bits per heavy atom. The van der Waals surface area contributed by atoms with Crippen molar-refractivity contribution in [2.75, 3.05) is 32.8 Å². The van der Waals surface area contributed by atoms with E-state index in [1.54, 1.807) is 31.4 Å². The fraction of sp³-hybridized carbons (Fsp3) is 0.300. The number of hydrogen-bond donors (Lipinski definition) is 1. The lowest BCUT2D eigenvalue weighted by Gasteiger charge is -2.10. The first-order chi connectivity index (χ1) is 14.4. The second-order valence-corrected chi connectivity index (χ2v) is 5.98. The van der Waals surface area contributed by atoms with Crippen molar-refractivity contribution in [3.05, 3.63) is 52.6 Å². The third-order valence-corrected chi connectivity index (χ3v) is 3.89. The van der Waals surface area contributed by atoms with E-state index in [1.165, 1.54) is 25.3 Å². The molecule has 0 aromatic heterocycles. The second-order valence-electron chi connectivity index (χ2n) is 5.98. The van der Waals surface area contributed by atoms with Crippen LogP contribution >= 0.6 is 0 Å². The van der Waals surface area contributed by atoms with Gasteiger partial charge in [0.25, 0.3) is 11.6 Å². The summed E-state index contributed by atoms with van der Waals surface area (Å²) >= 11 is 0. The molecule has 2 aromatic rings. The van der Waals surface area contributed by atoms with Gasteiger partial charge in [0.15, 0.2) is 6.61 Å². The number of esters is 1.